The van der Waals surface area contributed by atoms with Crippen LogP contribution >= 0.6 is 15.9 Å². The Morgan fingerprint density at radius 1 is 1.54 bits per heavy atom. The quantitative estimate of drug-likeness (QED) is 0.686. The minimum absolute atomic E-state index is 0.0499. The predicted molar refractivity (Wildman–Crippen MR) is 52.9 cm³/mol. The van der Waals surface area contributed by atoms with Crippen LogP contribution in [0.1, 0.15) is 19.3 Å². The largest absolute Gasteiger partial charge is 0.376 e. The Hall–Kier alpha value is -0.0900. The predicted octanol–water partition coefficient (Wildman–Crippen LogP) is 1.16. The van der Waals surface area contributed by atoms with E-state index in [-0.39, 0.29) is 10.7 Å². The van der Waals surface area contributed by atoms with Gasteiger partial charge in [-0.25, -0.2) is 0 Å². The second kappa shape index (κ2) is 3.96. The fourth-order valence-corrected chi connectivity index (χ4v) is 2.41. The minimum atomic E-state index is 0.0499. The van der Waals surface area contributed by atoms with Gasteiger partial charge in [-0.3, -0.25) is 4.79 Å². The van der Waals surface area contributed by atoms with E-state index in [9.17, 15) is 4.79 Å². The molecule has 4 heteroatoms. The first-order chi connectivity index (χ1) is 6.27. The van der Waals surface area contributed by atoms with E-state index in [4.69, 9.17) is 4.74 Å². The third kappa shape index (κ3) is 2.05. The molecule has 13 heavy (non-hydrogen) atoms. The van der Waals surface area contributed by atoms with Crippen molar-refractivity contribution in [3.8, 4) is 0 Å². The monoisotopic (exact) mass is 247 g/mol. The highest BCUT2D eigenvalue weighted by molar-refractivity contribution is 9.10. The van der Waals surface area contributed by atoms with Crippen LogP contribution in [0.4, 0.5) is 0 Å². The smallest absolute Gasteiger partial charge is 0.236 e. The van der Waals surface area contributed by atoms with Crippen LogP contribution < -0.4 is 0 Å². The van der Waals surface area contributed by atoms with Crippen molar-refractivity contribution >= 4 is 21.8 Å². The Morgan fingerprint density at radius 2 is 2.38 bits per heavy atom. The van der Waals surface area contributed by atoms with Gasteiger partial charge in [0.25, 0.3) is 0 Å². The highest BCUT2D eigenvalue weighted by Crippen LogP contribution is 2.21. The first kappa shape index (κ1) is 9.46. The SMILES string of the molecule is O=C1C(Br)CCN1CC1CCCO1. The second-order valence-electron chi connectivity index (χ2n) is 3.68. The number of nitrogens with zero attached hydrogens (tertiary/aromatic N) is 1. The number of hydrogen-bond acceptors (Lipinski definition) is 2. The van der Waals surface area contributed by atoms with Crippen molar-refractivity contribution in [2.24, 2.45) is 0 Å². The van der Waals surface area contributed by atoms with Gasteiger partial charge in [0.1, 0.15) is 0 Å². The van der Waals surface area contributed by atoms with Crippen LogP contribution in [-0.4, -0.2) is 41.4 Å². The number of carbonyl (C=O) groups is 1. The van der Waals surface area contributed by atoms with E-state index < -0.39 is 0 Å². The Bertz CT molecular complexity index is 204. The van der Waals surface area contributed by atoms with Crippen molar-refractivity contribution in [3.05, 3.63) is 0 Å². The number of likely N-dealkylation sites (tertiary alicyclic amines) is 1. The Balaban J connectivity index is 1.84. The first-order valence-electron chi connectivity index (χ1n) is 4.82. The van der Waals surface area contributed by atoms with Crippen molar-refractivity contribution in [1.82, 2.24) is 4.90 Å². The summed E-state index contributed by atoms with van der Waals surface area (Å²) in [7, 11) is 0. The molecule has 2 aliphatic heterocycles. The van der Waals surface area contributed by atoms with Gasteiger partial charge in [0.2, 0.25) is 5.91 Å². The topological polar surface area (TPSA) is 29.5 Å². The molecule has 2 fully saturated rings. The summed E-state index contributed by atoms with van der Waals surface area (Å²) >= 11 is 3.36. The van der Waals surface area contributed by atoms with E-state index in [1.165, 1.54) is 0 Å². The first-order valence-corrected chi connectivity index (χ1v) is 5.73. The van der Waals surface area contributed by atoms with Crippen LogP contribution in [0.5, 0.6) is 0 Å². The molecule has 0 aromatic carbocycles. The molecule has 0 spiro atoms. The van der Waals surface area contributed by atoms with Crippen molar-refractivity contribution in [2.45, 2.75) is 30.2 Å². The third-order valence-corrected chi connectivity index (χ3v) is 3.53. The number of carbonyl (C=O) groups excluding carboxylic acids is 1. The van der Waals surface area contributed by atoms with E-state index in [1.54, 1.807) is 0 Å². The molecule has 0 aromatic rings. The van der Waals surface area contributed by atoms with Crippen LogP contribution in [0.25, 0.3) is 0 Å². The van der Waals surface area contributed by atoms with Gasteiger partial charge in [0.05, 0.1) is 10.9 Å². The Morgan fingerprint density at radius 3 is 2.92 bits per heavy atom. The zero-order valence-corrected chi connectivity index (χ0v) is 9.13. The molecule has 0 N–H and O–H groups in total. The summed E-state index contributed by atoms with van der Waals surface area (Å²) in [5.41, 5.74) is 0. The van der Waals surface area contributed by atoms with Crippen LogP contribution in [0, 0.1) is 0 Å². The van der Waals surface area contributed by atoms with Gasteiger partial charge < -0.3 is 9.64 Å². The Labute approximate surface area is 86.5 Å². The number of rotatable bonds is 2. The summed E-state index contributed by atoms with van der Waals surface area (Å²) in [5, 5.41) is 0. The lowest BCUT2D eigenvalue weighted by molar-refractivity contribution is -0.128. The molecule has 2 atom stereocenters. The van der Waals surface area contributed by atoms with E-state index in [0.717, 1.165) is 39.0 Å². The van der Waals surface area contributed by atoms with Gasteiger partial charge in [-0.05, 0) is 19.3 Å². The summed E-state index contributed by atoms with van der Waals surface area (Å²) in [6, 6.07) is 0. The zero-order valence-electron chi connectivity index (χ0n) is 7.54. The molecule has 0 aliphatic carbocycles. The average molecular weight is 248 g/mol. The summed E-state index contributed by atoms with van der Waals surface area (Å²) in [6.07, 6.45) is 3.48. The standard InChI is InChI=1S/C9H14BrNO2/c10-8-3-4-11(9(8)12)6-7-2-1-5-13-7/h7-8H,1-6H2. The number of amides is 1. The molecule has 3 nitrogen and oxygen atoms in total. The van der Waals surface area contributed by atoms with Gasteiger partial charge in [0.15, 0.2) is 0 Å². The van der Waals surface area contributed by atoms with Crippen LogP contribution in [0.15, 0.2) is 0 Å². The van der Waals surface area contributed by atoms with Crippen molar-refractivity contribution in [1.29, 1.82) is 0 Å². The molecule has 0 saturated carbocycles. The summed E-state index contributed by atoms with van der Waals surface area (Å²) in [6.45, 7) is 2.54. The fourth-order valence-electron chi connectivity index (χ4n) is 1.92. The molecule has 2 unspecified atom stereocenters. The van der Waals surface area contributed by atoms with E-state index >= 15 is 0 Å². The van der Waals surface area contributed by atoms with Gasteiger partial charge in [0, 0.05) is 19.7 Å². The van der Waals surface area contributed by atoms with Crippen molar-refractivity contribution in [3.63, 3.8) is 0 Å². The van der Waals surface area contributed by atoms with Crippen LogP contribution in [0.2, 0.25) is 0 Å². The molecule has 2 aliphatic rings. The van der Waals surface area contributed by atoms with Crippen molar-refractivity contribution < 1.29 is 9.53 Å². The maximum Gasteiger partial charge on any atom is 0.236 e. The molecular weight excluding hydrogens is 234 g/mol. The van der Waals surface area contributed by atoms with Crippen LogP contribution in [0.3, 0.4) is 0 Å². The molecule has 1 amide bonds. The lowest BCUT2D eigenvalue weighted by Crippen LogP contribution is -2.34. The normalized spacial score (nSPS) is 34.5. The molecule has 0 radical (unpaired) electrons. The molecule has 2 heterocycles. The molecule has 0 aromatic heterocycles. The molecule has 74 valence electrons. The maximum atomic E-state index is 11.5. The maximum absolute atomic E-state index is 11.5. The molecular formula is C9H14BrNO2. The zero-order chi connectivity index (χ0) is 9.26. The lowest BCUT2D eigenvalue weighted by atomic mass is 10.2. The molecule has 2 rings (SSSR count). The lowest BCUT2D eigenvalue weighted by Gasteiger charge is -2.19. The van der Waals surface area contributed by atoms with E-state index in [2.05, 4.69) is 15.9 Å². The van der Waals surface area contributed by atoms with E-state index in [0.29, 0.717) is 6.10 Å². The van der Waals surface area contributed by atoms with Gasteiger partial charge >= 0.3 is 0 Å². The fraction of sp³-hybridized carbons (Fsp3) is 0.889. The number of alkyl halides is 1. The second-order valence-corrected chi connectivity index (χ2v) is 4.78. The van der Waals surface area contributed by atoms with Gasteiger partial charge in [-0.15, -0.1) is 0 Å². The highest BCUT2D eigenvalue weighted by atomic mass is 79.9. The van der Waals surface area contributed by atoms with Gasteiger partial charge in [-0.2, -0.15) is 0 Å². The summed E-state index contributed by atoms with van der Waals surface area (Å²) in [5.74, 6) is 0.232. The Kier molecular flexibility index (Phi) is 2.89. The number of hydrogen-bond donors (Lipinski definition) is 0. The van der Waals surface area contributed by atoms with Gasteiger partial charge in [-0.1, -0.05) is 15.9 Å². The van der Waals surface area contributed by atoms with Crippen molar-refractivity contribution in [2.75, 3.05) is 19.7 Å². The number of halogens is 1. The summed E-state index contributed by atoms with van der Waals surface area (Å²) < 4.78 is 5.49. The van der Waals surface area contributed by atoms with E-state index in [1.807, 2.05) is 4.90 Å². The molecule has 2 saturated heterocycles. The minimum Gasteiger partial charge on any atom is -0.376 e. The average Bonchev–Trinajstić information content (AvgIpc) is 2.71. The third-order valence-electron chi connectivity index (χ3n) is 2.68. The number of ether oxygens (including phenoxy) is 1. The summed E-state index contributed by atoms with van der Waals surface area (Å²) in [4.78, 5) is 13.5. The van der Waals surface area contributed by atoms with Crippen LogP contribution in [-0.2, 0) is 9.53 Å². The highest BCUT2D eigenvalue weighted by Gasteiger charge is 2.31. The molecule has 0 bridgehead atoms.